The van der Waals surface area contributed by atoms with Crippen LogP contribution in [0.1, 0.15) is 37.7 Å². The number of fused-ring (bicyclic) bond motifs is 1. The standard InChI is InChI=1S/C24H30N2O7S/c1-30-20-11-9-19(13-22(20)31-2)34(28,29)26(18-6-4-3-5-7-18)15-24(27)25-14-17-8-10-21-23(12-17)33-16-32-21/h8-13,18H,3-7,14-16H2,1-2H3,(H,25,27). The van der Waals surface area contributed by atoms with Gasteiger partial charge in [0.05, 0.1) is 25.7 Å². The van der Waals surface area contributed by atoms with Gasteiger partial charge in [-0.2, -0.15) is 4.31 Å². The summed E-state index contributed by atoms with van der Waals surface area (Å²) in [6, 6.07) is 9.69. The van der Waals surface area contributed by atoms with E-state index in [4.69, 9.17) is 18.9 Å². The first kappa shape index (κ1) is 24.2. The Labute approximate surface area is 200 Å². The highest BCUT2D eigenvalue weighted by atomic mass is 32.2. The van der Waals surface area contributed by atoms with Crippen molar-refractivity contribution in [1.29, 1.82) is 0 Å². The number of hydrogen-bond donors (Lipinski definition) is 1. The van der Waals surface area contributed by atoms with Crippen LogP contribution in [0.15, 0.2) is 41.3 Å². The molecule has 2 aliphatic rings. The molecule has 1 saturated carbocycles. The average Bonchev–Trinajstić information content (AvgIpc) is 3.34. The highest BCUT2D eigenvalue weighted by Gasteiger charge is 2.34. The Kier molecular flexibility index (Phi) is 7.47. The number of carbonyl (C=O) groups is 1. The Morgan fingerprint density at radius 3 is 2.47 bits per heavy atom. The van der Waals surface area contributed by atoms with E-state index in [1.165, 1.54) is 30.7 Å². The number of nitrogens with one attached hydrogen (secondary N) is 1. The highest BCUT2D eigenvalue weighted by Crippen LogP contribution is 2.34. The summed E-state index contributed by atoms with van der Waals surface area (Å²) in [4.78, 5) is 13.0. The van der Waals surface area contributed by atoms with Crippen molar-refractivity contribution in [2.75, 3.05) is 27.6 Å². The van der Waals surface area contributed by atoms with E-state index in [1.54, 1.807) is 12.1 Å². The SMILES string of the molecule is COc1ccc(S(=O)(=O)N(CC(=O)NCc2ccc3c(c2)OCO3)C2CCCCC2)cc1OC. The molecule has 1 N–H and O–H groups in total. The minimum Gasteiger partial charge on any atom is -0.493 e. The van der Waals surface area contributed by atoms with Crippen molar-refractivity contribution in [3.8, 4) is 23.0 Å². The van der Waals surface area contributed by atoms with Crippen LogP contribution < -0.4 is 24.3 Å². The molecule has 184 valence electrons. The van der Waals surface area contributed by atoms with Crippen molar-refractivity contribution in [3.63, 3.8) is 0 Å². The molecule has 1 aliphatic carbocycles. The number of rotatable bonds is 9. The minimum atomic E-state index is -3.94. The molecule has 9 nitrogen and oxygen atoms in total. The second kappa shape index (κ2) is 10.5. The van der Waals surface area contributed by atoms with Gasteiger partial charge in [0.15, 0.2) is 23.0 Å². The Bertz CT molecular complexity index is 1130. The summed E-state index contributed by atoms with van der Waals surface area (Å²) in [5.41, 5.74) is 0.838. The Hall–Kier alpha value is -2.98. The highest BCUT2D eigenvalue weighted by molar-refractivity contribution is 7.89. The maximum absolute atomic E-state index is 13.7. The largest absolute Gasteiger partial charge is 0.493 e. The van der Waals surface area contributed by atoms with E-state index >= 15 is 0 Å². The van der Waals surface area contributed by atoms with Crippen LogP contribution in [0.5, 0.6) is 23.0 Å². The van der Waals surface area contributed by atoms with Gasteiger partial charge in [0.25, 0.3) is 0 Å². The molecule has 0 unspecified atom stereocenters. The zero-order valence-electron chi connectivity index (χ0n) is 19.4. The van der Waals surface area contributed by atoms with Gasteiger partial charge in [-0.25, -0.2) is 8.42 Å². The van der Waals surface area contributed by atoms with Gasteiger partial charge in [0, 0.05) is 18.7 Å². The molecular formula is C24H30N2O7S. The number of ether oxygens (including phenoxy) is 4. The van der Waals surface area contributed by atoms with Gasteiger partial charge in [0.2, 0.25) is 22.7 Å². The van der Waals surface area contributed by atoms with Gasteiger partial charge in [-0.15, -0.1) is 0 Å². The van der Waals surface area contributed by atoms with Crippen LogP contribution in [0, 0.1) is 0 Å². The third-order valence-corrected chi connectivity index (χ3v) is 8.06. The first-order valence-corrected chi connectivity index (χ1v) is 12.8. The van der Waals surface area contributed by atoms with Gasteiger partial charge in [-0.1, -0.05) is 25.3 Å². The summed E-state index contributed by atoms with van der Waals surface area (Å²) >= 11 is 0. The maximum Gasteiger partial charge on any atom is 0.243 e. The molecule has 0 saturated heterocycles. The predicted molar refractivity (Wildman–Crippen MR) is 125 cm³/mol. The number of nitrogens with zero attached hydrogens (tertiary/aromatic N) is 1. The molecule has 1 aliphatic heterocycles. The fourth-order valence-electron chi connectivity index (χ4n) is 4.34. The van der Waals surface area contributed by atoms with Crippen LogP contribution in [0.4, 0.5) is 0 Å². The fourth-order valence-corrected chi connectivity index (χ4v) is 6.00. The molecule has 1 fully saturated rings. The number of carbonyl (C=O) groups excluding carboxylic acids is 1. The van der Waals surface area contributed by atoms with E-state index in [2.05, 4.69) is 5.32 Å². The van der Waals surface area contributed by atoms with Gasteiger partial charge < -0.3 is 24.3 Å². The van der Waals surface area contributed by atoms with Crippen LogP contribution in [0.25, 0.3) is 0 Å². The van der Waals surface area contributed by atoms with Gasteiger partial charge >= 0.3 is 0 Å². The normalized spacial score (nSPS) is 15.9. The topological polar surface area (TPSA) is 103 Å². The van der Waals surface area contributed by atoms with Gasteiger partial charge in [-0.3, -0.25) is 4.79 Å². The summed E-state index contributed by atoms with van der Waals surface area (Å²) < 4.78 is 49.9. The average molecular weight is 491 g/mol. The lowest BCUT2D eigenvalue weighted by Crippen LogP contribution is -2.46. The second-order valence-corrected chi connectivity index (χ2v) is 10.2. The van der Waals surface area contributed by atoms with E-state index < -0.39 is 10.0 Å². The van der Waals surface area contributed by atoms with Crippen molar-refractivity contribution in [1.82, 2.24) is 9.62 Å². The van der Waals surface area contributed by atoms with E-state index in [1.807, 2.05) is 12.1 Å². The third-order valence-electron chi connectivity index (χ3n) is 6.17. The summed E-state index contributed by atoms with van der Waals surface area (Å²) in [6.45, 7) is 0.172. The number of sulfonamides is 1. The van der Waals surface area contributed by atoms with E-state index in [0.29, 0.717) is 23.0 Å². The summed E-state index contributed by atoms with van der Waals surface area (Å²) in [7, 11) is -0.998. The molecule has 2 aromatic rings. The number of methoxy groups -OCH3 is 2. The van der Waals surface area contributed by atoms with Crippen molar-refractivity contribution in [2.45, 2.75) is 49.6 Å². The molecule has 1 amide bonds. The molecule has 0 aromatic heterocycles. The second-order valence-electron chi connectivity index (χ2n) is 8.32. The van der Waals surface area contributed by atoms with Crippen LogP contribution in [-0.2, 0) is 21.4 Å². The molecule has 0 atom stereocenters. The number of amides is 1. The lowest BCUT2D eigenvalue weighted by molar-refractivity contribution is -0.121. The Balaban J connectivity index is 1.52. The van der Waals surface area contributed by atoms with Crippen molar-refractivity contribution >= 4 is 15.9 Å². The quantitative estimate of drug-likeness (QED) is 0.576. The first-order chi connectivity index (χ1) is 16.4. The van der Waals surface area contributed by atoms with Crippen LogP contribution in [0.2, 0.25) is 0 Å². The van der Waals surface area contributed by atoms with E-state index in [-0.39, 0.29) is 36.7 Å². The number of hydrogen-bond acceptors (Lipinski definition) is 7. The maximum atomic E-state index is 13.7. The fraction of sp³-hybridized carbons (Fsp3) is 0.458. The number of benzene rings is 2. The summed E-state index contributed by atoms with van der Waals surface area (Å²) in [5.74, 6) is 1.69. The van der Waals surface area contributed by atoms with Gasteiger partial charge in [0.1, 0.15) is 0 Å². The zero-order valence-corrected chi connectivity index (χ0v) is 20.2. The van der Waals surface area contributed by atoms with Crippen molar-refractivity contribution in [3.05, 3.63) is 42.0 Å². The monoisotopic (exact) mass is 490 g/mol. The third kappa shape index (κ3) is 5.23. The minimum absolute atomic E-state index is 0.0688. The van der Waals surface area contributed by atoms with Gasteiger partial charge in [-0.05, 0) is 42.7 Å². The Morgan fingerprint density at radius 2 is 1.74 bits per heavy atom. The summed E-state index contributed by atoms with van der Waals surface area (Å²) in [6.07, 6.45) is 4.38. The van der Waals surface area contributed by atoms with Crippen LogP contribution in [0.3, 0.4) is 0 Å². The molecule has 0 spiro atoms. The van der Waals surface area contributed by atoms with Crippen LogP contribution in [-0.4, -0.2) is 52.2 Å². The van der Waals surface area contributed by atoms with Crippen LogP contribution >= 0.6 is 0 Å². The smallest absolute Gasteiger partial charge is 0.243 e. The molecule has 2 aromatic carbocycles. The molecule has 34 heavy (non-hydrogen) atoms. The van der Waals surface area contributed by atoms with E-state index in [0.717, 1.165) is 37.7 Å². The van der Waals surface area contributed by atoms with E-state index in [9.17, 15) is 13.2 Å². The lowest BCUT2D eigenvalue weighted by atomic mass is 9.95. The molecule has 10 heteroatoms. The molecule has 4 rings (SSSR count). The predicted octanol–water partition coefficient (Wildman–Crippen LogP) is 3.07. The molecule has 0 bridgehead atoms. The Morgan fingerprint density at radius 1 is 1.00 bits per heavy atom. The molecule has 1 heterocycles. The zero-order chi connectivity index (χ0) is 24.1. The van der Waals surface area contributed by atoms with Crippen molar-refractivity contribution in [2.24, 2.45) is 0 Å². The molecular weight excluding hydrogens is 460 g/mol. The molecule has 0 radical (unpaired) electrons. The lowest BCUT2D eigenvalue weighted by Gasteiger charge is -2.33. The van der Waals surface area contributed by atoms with Crippen molar-refractivity contribution < 1.29 is 32.2 Å². The summed E-state index contributed by atoms with van der Waals surface area (Å²) in [5, 5.41) is 2.84. The first-order valence-electron chi connectivity index (χ1n) is 11.3.